The van der Waals surface area contributed by atoms with Gasteiger partial charge in [0, 0.05) is 35.8 Å². The van der Waals surface area contributed by atoms with Gasteiger partial charge in [0.05, 0.1) is 0 Å². The third-order valence-electron chi connectivity index (χ3n) is 4.67. The van der Waals surface area contributed by atoms with Gasteiger partial charge in [0.1, 0.15) is 0 Å². The molecule has 28 heavy (non-hydrogen) atoms. The van der Waals surface area contributed by atoms with Crippen molar-refractivity contribution in [2.24, 2.45) is 5.73 Å². The van der Waals surface area contributed by atoms with E-state index >= 15 is 0 Å². The van der Waals surface area contributed by atoms with E-state index in [1.807, 2.05) is 13.0 Å². The van der Waals surface area contributed by atoms with Gasteiger partial charge in [-0.1, -0.05) is 23.7 Å². The van der Waals surface area contributed by atoms with E-state index in [0.29, 0.717) is 10.7 Å². The summed E-state index contributed by atoms with van der Waals surface area (Å²) in [6, 6.07) is 11.5. The number of nitrogens with two attached hydrogens (primary N) is 1. The normalized spacial score (nSPS) is 19.0. The van der Waals surface area contributed by atoms with Crippen molar-refractivity contribution < 1.29 is 19.5 Å². The van der Waals surface area contributed by atoms with Crippen molar-refractivity contribution in [2.75, 3.05) is 11.4 Å². The maximum absolute atomic E-state index is 12.7. The third-order valence-corrected chi connectivity index (χ3v) is 4.89. The van der Waals surface area contributed by atoms with E-state index in [9.17, 15) is 19.5 Å². The van der Waals surface area contributed by atoms with Gasteiger partial charge in [-0.05, 0) is 48.4 Å². The van der Waals surface area contributed by atoms with Gasteiger partial charge in [0.15, 0.2) is 0 Å². The van der Waals surface area contributed by atoms with Gasteiger partial charge < -0.3 is 21.1 Å². The first-order valence-electron chi connectivity index (χ1n) is 8.69. The molecule has 1 unspecified atom stereocenters. The Morgan fingerprint density at radius 3 is 2.71 bits per heavy atom. The van der Waals surface area contributed by atoms with Crippen molar-refractivity contribution in [3.05, 3.63) is 64.2 Å². The molecule has 8 heteroatoms. The van der Waals surface area contributed by atoms with Crippen LogP contribution in [0.15, 0.2) is 42.5 Å². The summed E-state index contributed by atoms with van der Waals surface area (Å²) >= 11 is 6.01. The summed E-state index contributed by atoms with van der Waals surface area (Å²) < 4.78 is 0. The Morgan fingerprint density at radius 2 is 2.04 bits per heavy atom. The topological polar surface area (TPSA) is 113 Å². The van der Waals surface area contributed by atoms with E-state index in [0.717, 1.165) is 11.1 Å². The lowest BCUT2D eigenvalue weighted by Gasteiger charge is -2.22. The van der Waals surface area contributed by atoms with E-state index in [4.69, 9.17) is 17.3 Å². The molecular formula is C20H20ClN3O4. The Labute approximate surface area is 167 Å². The van der Waals surface area contributed by atoms with Crippen LogP contribution in [0.5, 0.6) is 0 Å². The molecule has 146 valence electrons. The number of nitrogens with zero attached hydrogens (tertiary/aromatic N) is 1. The number of halogens is 1. The highest BCUT2D eigenvalue weighted by atomic mass is 35.5. The summed E-state index contributed by atoms with van der Waals surface area (Å²) in [5, 5.41) is 13.8. The van der Waals surface area contributed by atoms with Crippen LogP contribution in [0.4, 0.5) is 5.69 Å². The fraction of sp³-hybridized carbons (Fsp3) is 0.250. The van der Waals surface area contributed by atoms with Crippen molar-refractivity contribution in [1.82, 2.24) is 5.32 Å². The molecule has 2 aromatic carbocycles. The number of hydrogen-bond donors (Lipinski definition) is 3. The maximum atomic E-state index is 12.7. The summed E-state index contributed by atoms with van der Waals surface area (Å²) in [5.74, 6) is -2.14. The summed E-state index contributed by atoms with van der Waals surface area (Å²) in [6.45, 7) is 2.15. The first kappa shape index (κ1) is 19.9. The summed E-state index contributed by atoms with van der Waals surface area (Å²) in [5.41, 5.74) is 5.43. The second kappa shape index (κ2) is 7.61. The number of hydrogen-bond acceptors (Lipinski definition) is 4. The van der Waals surface area contributed by atoms with Crippen LogP contribution < -0.4 is 16.0 Å². The molecule has 0 saturated carbocycles. The number of rotatable bonds is 5. The Morgan fingerprint density at radius 1 is 1.29 bits per heavy atom. The smallest absolute Gasteiger partial charge is 0.268 e. The number of carbonyl (C=O) groups excluding carboxylic acids is 3. The zero-order valence-corrected chi connectivity index (χ0v) is 16.0. The Kier molecular flexibility index (Phi) is 5.40. The van der Waals surface area contributed by atoms with Crippen molar-refractivity contribution in [3.8, 4) is 0 Å². The molecule has 7 nitrogen and oxygen atoms in total. The van der Waals surface area contributed by atoms with Gasteiger partial charge in [0.2, 0.25) is 11.5 Å². The van der Waals surface area contributed by atoms with Crippen LogP contribution in [-0.4, -0.2) is 35.0 Å². The van der Waals surface area contributed by atoms with Crippen molar-refractivity contribution in [3.63, 3.8) is 0 Å². The number of amides is 3. The van der Waals surface area contributed by atoms with E-state index in [-0.39, 0.29) is 25.1 Å². The second-order valence-corrected chi connectivity index (χ2v) is 7.24. The molecular weight excluding hydrogens is 382 g/mol. The lowest BCUT2D eigenvalue weighted by molar-refractivity contribution is -0.149. The average Bonchev–Trinajstić information content (AvgIpc) is 2.95. The van der Waals surface area contributed by atoms with E-state index in [2.05, 4.69) is 5.32 Å². The highest BCUT2D eigenvalue weighted by Crippen LogP contribution is 2.29. The SMILES string of the molecule is Cc1cc(Cl)cc(CNC(=O)C2(O)CCN(c3cccc(C(N)=O)c3)C2=O)c1. The van der Waals surface area contributed by atoms with Gasteiger partial charge >= 0.3 is 0 Å². The van der Waals surface area contributed by atoms with Gasteiger partial charge in [0.25, 0.3) is 11.8 Å². The molecule has 1 aliphatic rings. The monoisotopic (exact) mass is 401 g/mol. The quantitative estimate of drug-likeness (QED) is 0.659. The molecule has 1 atom stereocenters. The molecule has 0 aliphatic carbocycles. The molecule has 3 amide bonds. The van der Waals surface area contributed by atoms with Crippen LogP contribution in [0.3, 0.4) is 0 Å². The predicted octanol–water partition coefficient (Wildman–Crippen LogP) is 1.53. The fourth-order valence-electron chi connectivity index (χ4n) is 3.23. The van der Waals surface area contributed by atoms with Crippen LogP contribution in [0.25, 0.3) is 0 Å². The molecule has 1 saturated heterocycles. The molecule has 0 radical (unpaired) electrons. The lowest BCUT2D eigenvalue weighted by Crippen LogP contribution is -2.52. The fourth-order valence-corrected chi connectivity index (χ4v) is 3.54. The van der Waals surface area contributed by atoms with E-state index in [1.165, 1.54) is 17.0 Å². The zero-order valence-electron chi connectivity index (χ0n) is 15.2. The number of carbonyl (C=O) groups is 3. The number of primary amides is 1. The third kappa shape index (κ3) is 3.85. The first-order valence-corrected chi connectivity index (χ1v) is 9.07. The van der Waals surface area contributed by atoms with Crippen molar-refractivity contribution in [2.45, 2.75) is 25.5 Å². The van der Waals surface area contributed by atoms with Crippen LogP contribution in [0.1, 0.15) is 27.9 Å². The summed E-state index contributed by atoms with van der Waals surface area (Å²) in [7, 11) is 0. The Hall–Kier alpha value is -2.90. The number of aliphatic hydroxyl groups is 1. The lowest BCUT2D eigenvalue weighted by atomic mass is 10.0. The standard InChI is InChI=1S/C20H20ClN3O4/c1-12-7-13(9-15(21)8-12)11-23-18(26)20(28)5-6-24(19(20)27)16-4-2-3-14(10-16)17(22)25/h2-4,7-10,28H,5-6,11H2,1H3,(H2,22,25)(H,23,26). The highest BCUT2D eigenvalue weighted by molar-refractivity contribution is 6.30. The van der Waals surface area contributed by atoms with Gasteiger partial charge in [-0.25, -0.2) is 0 Å². The number of aryl methyl sites for hydroxylation is 1. The zero-order chi connectivity index (χ0) is 20.5. The Bertz CT molecular complexity index is 942. The second-order valence-electron chi connectivity index (χ2n) is 6.80. The molecule has 0 aromatic heterocycles. The molecule has 1 fully saturated rings. The minimum Gasteiger partial charge on any atom is -0.372 e. The number of benzene rings is 2. The van der Waals surface area contributed by atoms with Gasteiger partial charge in [-0.15, -0.1) is 0 Å². The van der Waals surface area contributed by atoms with Crippen LogP contribution in [0, 0.1) is 6.92 Å². The largest absolute Gasteiger partial charge is 0.372 e. The molecule has 2 aromatic rings. The molecule has 0 bridgehead atoms. The van der Waals surface area contributed by atoms with E-state index < -0.39 is 23.3 Å². The minimum atomic E-state index is -2.17. The summed E-state index contributed by atoms with van der Waals surface area (Å²) in [4.78, 5) is 37.9. The molecule has 1 aliphatic heterocycles. The van der Waals surface area contributed by atoms with Crippen molar-refractivity contribution >= 4 is 35.0 Å². The van der Waals surface area contributed by atoms with Gasteiger partial charge in [-0.3, -0.25) is 14.4 Å². The first-order chi connectivity index (χ1) is 13.2. The molecule has 0 spiro atoms. The Balaban J connectivity index is 1.73. The number of anilines is 1. The predicted molar refractivity (Wildman–Crippen MR) is 105 cm³/mol. The van der Waals surface area contributed by atoms with Crippen LogP contribution in [-0.2, 0) is 16.1 Å². The minimum absolute atomic E-state index is 0.0625. The van der Waals surface area contributed by atoms with Crippen LogP contribution >= 0.6 is 11.6 Å². The van der Waals surface area contributed by atoms with Gasteiger partial charge in [-0.2, -0.15) is 0 Å². The molecule has 3 rings (SSSR count). The van der Waals surface area contributed by atoms with Crippen molar-refractivity contribution in [1.29, 1.82) is 0 Å². The maximum Gasteiger partial charge on any atom is 0.268 e. The molecule has 4 N–H and O–H groups in total. The highest BCUT2D eigenvalue weighted by Gasteiger charge is 2.51. The average molecular weight is 402 g/mol. The summed E-state index contributed by atoms with van der Waals surface area (Å²) in [6.07, 6.45) is -0.0625. The van der Waals surface area contributed by atoms with E-state index in [1.54, 1.807) is 24.3 Å². The molecule has 1 heterocycles. The number of nitrogens with one attached hydrogen (secondary N) is 1. The van der Waals surface area contributed by atoms with Crippen LogP contribution in [0.2, 0.25) is 5.02 Å².